The van der Waals surface area contributed by atoms with Crippen LogP contribution in [0.3, 0.4) is 0 Å². The fourth-order valence-corrected chi connectivity index (χ4v) is 1.86. The zero-order valence-corrected chi connectivity index (χ0v) is 14.7. The molecule has 128 valence electrons. The van der Waals surface area contributed by atoms with Crippen molar-refractivity contribution in [2.45, 2.75) is 25.5 Å². The summed E-state index contributed by atoms with van der Waals surface area (Å²) in [6, 6.07) is 4.69. The predicted octanol–water partition coefficient (Wildman–Crippen LogP) is 2.42. The molecule has 1 amide bonds. The third-order valence-electron chi connectivity index (χ3n) is 3.08. The van der Waals surface area contributed by atoms with E-state index in [9.17, 15) is 9.59 Å². The van der Waals surface area contributed by atoms with Crippen molar-refractivity contribution in [3.05, 3.63) is 23.8 Å². The van der Waals surface area contributed by atoms with Crippen LogP contribution in [0, 0.1) is 0 Å². The van der Waals surface area contributed by atoms with E-state index in [-0.39, 0.29) is 10.7 Å². The first-order valence-electron chi connectivity index (χ1n) is 7.24. The summed E-state index contributed by atoms with van der Waals surface area (Å²) in [5, 5.41) is 11.6. The number of amides is 1. The molecule has 0 bridgehead atoms. The molecule has 1 aromatic rings. The van der Waals surface area contributed by atoms with E-state index in [0.717, 1.165) is 0 Å². The number of benzene rings is 1. The monoisotopic (exact) mass is 341 g/mol. The van der Waals surface area contributed by atoms with E-state index >= 15 is 0 Å². The number of aliphatic carboxylic acids is 1. The Hall–Kier alpha value is -1.89. The molecule has 0 aliphatic carbocycles. The van der Waals surface area contributed by atoms with Crippen molar-refractivity contribution in [2.24, 2.45) is 0 Å². The van der Waals surface area contributed by atoms with Crippen LogP contribution < -0.4 is 14.8 Å². The quantitative estimate of drug-likeness (QED) is 0.717. The van der Waals surface area contributed by atoms with E-state index in [1.54, 1.807) is 36.9 Å². The maximum Gasteiger partial charge on any atom is 0.341 e. The molecule has 6 nitrogen and oxygen atoms in total. The molecular formula is C16H23NO5S. The molecule has 0 atom stereocenters. The minimum absolute atomic E-state index is 0.0526. The Labute approximate surface area is 140 Å². The first kappa shape index (κ1) is 19.2. The van der Waals surface area contributed by atoms with Crippen LogP contribution in [-0.2, 0) is 4.79 Å². The largest absolute Gasteiger partial charge is 0.490 e. The molecule has 0 unspecified atom stereocenters. The van der Waals surface area contributed by atoms with E-state index in [4.69, 9.17) is 14.6 Å². The second-order valence-electron chi connectivity index (χ2n) is 5.42. The van der Waals surface area contributed by atoms with Gasteiger partial charge in [-0.15, -0.1) is 0 Å². The number of hydrogen-bond donors (Lipinski definition) is 2. The summed E-state index contributed by atoms with van der Waals surface area (Å²) in [4.78, 5) is 22.8. The normalized spacial score (nSPS) is 11.0. The molecule has 0 spiro atoms. The lowest BCUT2D eigenvalue weighted by Gasteiger charge is -2.22. The summed E-state index contributed by atoms with van der Waals surface area (Å²) in [6.45, 7) is 6.35. The summed E-state index contributed by atoms with van der Waals surface area (Å²) in [5.41, 5.74) is 0.438. The highest BCUT2D eigenvalue weighted by molar-refractivity contribution is 7.99. The highest BCUT2D eigenvalue weighted by atomic mass is 32.2. The van der Waals surface area contributed by atoms with E-state index in [1.165, 1.54) is 0 Å². The van der Waals surface area contributed by atoms with Crippen molar-refractivity contribution in [2.75, 3.05) is 26.0 Å². The number of carbonyl (C=O) groups excluding carboxylic acids is 1. The van der Waals surface area contributed by atoms with E-state index in [0.29, 0.717) is 30.2 Å². The average Bonchev–Trinajstić information content (AvgIpc) is 2.51. The van der Waals surface area contributed by atoms with Gasteiger partial charge in [-0.3, -0.25) is 4.79 Å². The van der Waals surface area contributed by atoms with Crippen LogP contribution in [0.2, 0.25) is 0 Å². The van der Waals surface area contributed by atoms with Gasteiger partial charge in [0.15, 0.2) is 18.1 Å². The van der Waals surface area contributed by atoms with Crippen LogP contribution >= 0.6 is 11.8 Å². The molecule has 0 radical (unpaired) electrons. The van der Waals surface area contributed by atoms with Gasteiger partial charge < -0.3 is 19.9 Å². The summed E-state index contributed by atoms with van der Waals surface area (Å²) in [5.74, 6) is -0.632. The first-order chi connectivity index (χ1) is 10.8. The Bertz CT molecular complexity index is 559. The summed E-state index contributed by atoms with van der Waals surface area (Å²) in [7, 11) is 0. The van der Waals surface area contributed by atoms with Crippen LogP contribution in [0.5, 0.6) is 11.5 Å². The van der Waals surface area contributed by atoms with Gasteiger partial charge in [0.05, 0.1) is 6.61 Å². The zero-order chi connectivity index (χ0) is 17.5. The van der Waals surface area contributed by atoms with Crippen molar-refractivity contribution >= 4 is 23.6 Å². The highest BCUT2D eigenvalue weighted by Gasteiger charge is 2.18. The lowest BCUT2D eigenvalue weighted by Crippen LogP contribution is -2.36. The molecule has 2 N–H and O–H groups in total. The molecule has 0 aromatic heterocycles. The molecule has 0 saturated heterocycles. The number of thioether (sulfide) groups is 1. The van der Waals surface area contributed by atoms with E-state index < -0.39 is 12.6 Å². The van der Waals surface area contributed by atoms with Gasteiger partial charge in [-0.2, -0.15) is 11.8 Å². The molecular weight excluding hydrogens is 318 g/mol. The van der Waals surface area contributed by atoms with E-state index in [2.05, 4.69) is 5.32 Å². The maximum absolute atomic E-state index is 12.2. The van der Waals surface area contributed by atoms with Gasteiger partial charge in [-0.1, -0.05) is 0 Å². The third kappa shape index (κ3) is 6.40. The lowest BCUT2D eigenvalue weighted by atomic mass is 10.1. The predicted molar refractivity (Wildman–Crippen MR) is 90.7 cm³/mol. The Morgan fingerprint density at radius 3 is 2.52 bits per heavy atom. The number of rotatable bonds is 9. The number of nitrogens with one attached hydrogen (secondary N) is 1. The van der Waals surface area contributed by atoms with Crippen molar-refractivity contribution in [3.63, 3.8) is 0 Å². The lowest BCUT2D eigenvalue weighted by molar-refractivity contribution is -0.139. The van der Waals surface area contributed by atoms with Gasteiger partial charge in [0.25, 0.3) is 5.91 Å². The Balaban J connectivity index is 2.85. The van der Waals surface area contributed by atoms with Gasteiger partial charge in [0, 0.05) is 16.9 Å². The topological polar surface area (TPSA) is 84.9 Å². The fraction of sp³-hybridized carbons (Fsp3) is 0.500. The molecule has 0 fully saturated rings. The van der Waals surface area contributed by atoms with Crippen LogP contribution in [0.1, 0.15) is 31.1 Å². The molecule has 0 aliphatic heterocycles. The summed E-state index contributed by atoms with van der Waals surface area (Å²) in [6.07, 6.45) is 1.99. The molecule has 1 rings (SSSR count). The third-order valence-corrected chi connectivity index (χ3v) is 4.33. The van der Waals surface area contributed by atoms with Crippen LogP contribution in [0.15, 0.2) is 18.2 Å². The van der Waals surface area contributed by atoms with Crippen molar-refractivity contribution < 1.29 is 24.2 Å². The molecule has 23 heavy (non-hydrogen) atoms. The van der Waals surface area contributed by atoms with Crippen molar-refractivity contribution in [1.29, 1.82) is 0 Å². The number of hydrogen-bond acceptors (Lipinski definition) is 5. The Morgan fingerprint density at radius 2 is 1.96 bits per heavy atom. The molecule has 0 saturated carbocycles. The van der Waals surface area contributed by atoms with Gasteiger partial charge >= 0.3 is 5.97 Å². The molecule has 0 aliphatic rings. The fourth-order valence-electron chi connectivity index (χ4n) is 1.64. The zero-order valence-electron chi connectivity index (χ0n) is 13.8. The first-order valence-corrected chi connectivity index (χ1v) is 8.46. The smallest absolute Gasteiger partial charge is 0.341 e. The van der Waals surface area contributed by atoms with Crippen LogP contribution in [0.25, 0.3) is 0 Å². The molecule has 7 heteroatoms. The van der Waals surface area contributed by atoms with Crippen LogP contribution in [-0.4, -0.2) is 47.7 Å². The maximum atomic E-state index is 12.2. The standard InChI is InChI=1S/C16H23NO5S/c1-5-21-13-8-11(6-7-12(13)22-9-14(18)19)15(20)17-10-16(2,3)23-4/h6-8H,5,9-10H2,1-4H3,(H,17,20)(H,18,19). The van der Waals surface area contributed by atoms with Gasteiger partial charge in [-0.05, 0) is 45.2 Å². The van der Waals surface area contributed by atoms with Crippen molar-refractivity contribution in [3.8, 4) is 11.5 Å². The summed E-state index contributed by atoms with van der Waals surface area (Å²) < 4.78 is 10.5. The second-order valence-corrected chi connectivity index (χ2v) is 6.94. The van der Waals surface area contributed by atoms with Crippen LogP contribution in [0.4, 0.5) is 0 Å². The minimum atomic E-state index is -1.08. The number of ether oxygens (including phenoxy) is 2. The molecule has 0 heterocycles. The van der Waals surface area contributed by atoms with Gasteiger partial charge in [-0.25, -0.2) is 4.79 Å². The Kier molecular flexibility index (Phi) is 7.22. The van der Waals surface area contributed by atoms with Gasteiger partial charge in [0.2, 0.25) is 0 Å². The van der Waals surface area contributed by atoms with Gasteiger partial charge in [0.1, 0.15) is 0 Å². The second kappa shape index (κ2) is 8.67. The highest BCUT2D eigenvalue weighted by Crippen LogP contribution is 2.28. The average molecular weight is 341 g/mol. The van der Waals surface area contributed by atoms with Crippen molar-refractivity contribution in [1.82, 2.24) is 5.32 Å². The minimum Gasteiger partial charge on any atom is -0.490 e. The number of carboxylic acids is 1. The SMILES string of the molecule is CCOc1cc(C(=O)NCC(C)(C)SC)ccc1OCC(=O)O. The summed E-state index contributed by atoms with van der Waals surface area (Å²) >= 11 is 1.67. The Morgan fingerprint density at radius 1 is 1.26 bits per heavy atom. The van der Waals surface area contributed by atoms with E-state index in [1.807, 2.05) is 20.1 Å². The number of carbonyl (C=O) groups is 2. The molecule has 1 aromatic carbocycles. The number of carboxylic acid groups (broad SMARTS) is 1.